The molecule has 7 nitrogen and oxygen atoms in total. The number of alkyl halides is 3. The topological polar surface area (TPSA) is 65.2 Å². The minimum atomic E-state index is -4.77. The number of hydrogen-bond donors (Lipinski definition) is 0. The number of aromatic nitrogens is 4. The first-order valence-corrected chi connectivity index (χ1v) is 12.1. The van der Waals surface area contributed by atoms with Gasteiger partial charge in [-0.15, -0.1) is 0 Å². The van der Waals surface area contributed by atoms with E-state index in [0.717, 1.165) is 15.7 Å². The first-order valence-electron chi connectivity index (χ1n) is 12.1. The van der Waals surface area contributed by atoms with E-state index in [1.807, 2.05) is 24.3 Å². The molecule has 11 heteroatoms. The lowest BCUT2D eigenvalue weighted by molar-refractivity contribution is -0.141. The predicted molar refractivity (Wildman–Crippen MR) is 136 cm³/mol. The lowest BCUT2D eigenvalue weighted by Gasteiger charge is -2.22. The standard InChI is InChI=1S/C28H21F4N5O2/c1-39-19-11-8-17(9-12-19)37-25-20(26(34-37)28(30,31)32)5-4-14-35(27(25)38)23-13-10-18(15-21(23)29)36-16-33-22-6-2-3-7-24(22)36/h2-3,6-13,15-16H,4-5,14H2,1H3. The third-order valence-electron chi connectivity index (χ3n) is 6.78. The van der Waals surface area contributed by atoms with E-state index in [4.69, 9.17) is 4.74 Å². The summed E-state index contributed by atoms with van der Waals surface area (Å²) < 4.78 is 65.3. The van der Waals surface area contributed by atoms with Crippen LogP contribution in [0.3, 0.4) is 0 Å². The summed E-state index contributed by atoms with van der Waals surface area (Å²) in [7, 11) is 1.47. The molecule has 0 N–H and O–H groups in total. The number of nitrogens with zero attached hydrogens (tertiary/aromatic N) is 5. The van der Waals surface area contributed by atoms with Crippen molar-refractivity contribution < 1.29 is 27.1 Å². The van der Waals surface area contributed by atoms with E-state index in [-0.39, 0.29) is 42.0 Å². The summed E-state index contributed by atoms with van der Waals surface area (Å²) in [6.45, 7) is 0.0394. The molecule has 0 radical (unpaired) electrons. The van der Waals surface area contributed by atoms with Crippen LogP contribution < -0.4 is 9.64 Å². The maximum Gasteiger partial charge on any atom is 0.435 e. The van der Waals surface area contributed by atoms with E-state index >= 15 is 4.39 Å². The van der Waals surface area contributed by atoms with Gasteiger partial charge in [-0.05, 0) is 61.4 Å². The van der Waals surface area contributed by atoms with Crippen LogP contribution in [0.2, 0.25) is 0 Å². The highest BCUT2D eigenvalue weighted by Gasteiger charge is 2.42. The third kappa shape index (κ3) is 4.19. The van der Waals surface area contributed by atoms with Crippen LogP contribution in [0.1, 0.15) is 28.2 Å². The zero-order valence-electron chi connectivity index (χ0n) is 20.6. The van der Waals surface area contributed by atoms with Crippen LogP contribution in [-0.2, 0) is 12.6 Å². The Labute approximate surface area is 219 Å². The van der Waals surface area contributed by atoms with Crippen molar-refractivity contribution in [3.05, 3.63) is 95.8 Å². The number of carbonyl (C=O) groups is 1. The fraction of sp³-hybridized carbons (Fsp3) is 0.179. The molecule has 198 valence electrons. The average Bonchev–Trinajstić information content (AvgIpc) is 3.49. The molecule has 1 amide bonds. The monoisotopic (exact) mass is 535 g/mol. The van der Waals surface area contributed by atoms with E-state index in [0.29, 0.717) is 11.4 Å². The summed E-state index contributed by atoms with van der Waals surface area (Å²) in [4.78, 5) is 19.3. The van der Waals surface area contributed by atoms with Gasteiger partial charge in [0.2, 0.25) is 0 Å². The lowest BCUT2D eigenvalue weighted by Crippen LogP contribution is -2.33. The predicted octanol–water partition coefficient (Wildman–Crippen LogP) is 5.97. The van der Waals surface area contributed by atoms with Gasteiger partial charge in [0, 0.05) is 18.2 Å². The second kappa shape index (κ2) is 9.26. The molecule has 0 unspecified atom stereocenters. The molecule has 0 fully saturated rings. The normalized spacial score (nSPS) is 14.0. The summed E-state index contributed by atoms with van der Waals surface area (Å²) in [5.74, 6) is -0.955. The molecule has 39 heavy (non-hydrogen) atoms. The first-order chi connectivity index (χ1) is 18.8. The highest BCUT2D eigenvalue weighted by atomic mass is 19.4. The number of anilines is 1. The zero-order valence-corrected chi connectivity index (χ0v) is 20.6. The molecule has 0 saturated heterocycles. The number of hydrogen-bond acceptors (Lipinski definition) is 4. The van der Waals surface area contributed by atoms with E-state index in [2.05, 4.69) is 10.1 Å². The van der Waals surface area contributed by atoms with Crippen LogP contribution in [0, 0.1) is 5.82 Å². The molecular weight excluding hydrogens is 514 g/mol. The van der Waals surface area contributed by atoms with Crippen LogP contribution in [0.5, 0.6) is 5.75 Å². The number of para-hydroxylation sites is 2. The Morgan fingerprint density at radius 3 is 2.44 bits per heavy atom. The molecule has 0 aliphatic carbocycles. The maximum atomic E-state index is 15.6. The first kappa shape index (κ1) is 24.7. The van der Waals surface area contributed by atoms with Crippen molar-refractivity contribution in [3.63, 3.8) is 0 Å². The van der Waals surface area contributed by atoms with Gasteiger partial charge in [0.25, 0.3) is 5.91 Å². The van der Waals surface area contributed by atoms with Crippen LogP contribution in [-0.4, -0.2) is 38.9 Å². The van der Waals surface area contributed by atoms with Gasteiger partial charge in [-0.3, -0.25) is 9.36 Å². The minimum absolute atomic E-state index is 0.0305. The molecule has 2 aromatic heterocycles. The third-order valence-corrected chi connectivity index (χ3v) is 6.78. The zero-order chi connectivity index (χ0) is 27.3. The largest absolute Gasteiger partial charge is 0.497 e. The highest BCUT2D eigenvalue weighted by molar-refractivity contribution is 6.07. The Hall–Kier alpha value is -4.67. The van der Waals surface area contributed by atoms with Crippen LogP contribution >= 0.6 is 0 Å². The fourth-order valence-electron chi connectivity index (χ4n) is 4.95. The SMILES string of the molecule is COc1ccc(-n2nc(C(F)(F)F)c3c2C(=O)N(c2ccc(-n4cnc5ccccc54)cc2F)CCC3)cc1. The van der Waals surface area contributed by atoms with Crippen molar-refractivity contribution in [2.24, 2.45) is 0 Å². The number of amides is 1. The van der Waals surface area contributed by atoms with Gasteiger partial charge >= 0.3 is 6.18 Å². The Balaban J connectivity index is 1.43. The van der Waals surface area contributed by atoms with Gasteiger partial charge in [0.05, 0.1) is 35.2 Å². The van der Waals surface area contributed by atoms with Gasteiger partial charge < -0.3 is 9.64 Å². The molecule has 0 spiro atoms. The molecule has 0 atom stereocenters. The van der Waals surface area contributed by atoms with E-state index in [1.54, 1.807) is 29.1 Å². The van der Waals surface area contributed by atoms with Crippen molar-refractivity contribution in [2.45, 2.75) is 19.0 Å². The highest BCUT2D eigenvalue weighted by Crippen LogP contribution is 2.37. The summed E-state index contributed by atoms with van der Waals surface area (Å²) in [6.07, 6.45) is -3.03. The Morgan fingerprint density at radius 2 is 1.72 bits per heavy atom. The van der Waals surface area contributed by atoms with Gasteiger partial charge in [-0.2, -0.15) is 18.3 Å². The average molecular weight is 536 g/mol. The van der Waals surface area contributed by atoms with Crippen LogP contribution in [0.25, 0.3) is 22.4 Å². The Bertz CT molecular complexity index is 1710. The number of imidazole rings is 1. The number of carbonyl (C=O) groups excluding carboxylic acids is 1. The summed E-state index contributed by atoms with van der Waals surface area (Å²) in [5, 5.41) is 3.81. The number of rotatable bonds is 4. The number of fused-ring (bicyclic) bond motifs is 2. The van der Waals surface area contributed by atoms with Crippen molar-refractivity contribution in [1.29, 1.82) is 0 Å². The molecule has 3 aromatic carbocycles. The number of halogens is 4. The van der Waals surface area contributed by atoms with Crippen molar-refractivity contribution in [1.82, 2.24) is 19.3 Å². The summed E-state index contributed by atoms with van der Waals surface area (Å²) in [6, 6.07) is 17.9. The Morgan fingerprint density at radius 1 is 0.974 bits per heavy atom. The second-order valence-corrected chi connectivity index (χ2v) is 9.08. The van der Waals surface area contributed by atoms with Gasteiger partial charge in [-0.1, -0.05) is 12.1 Å². The van der Waals surface area contributed by atoms with E-state index < -0.39 is 23.6 Å². The second-order valence-electron chi connectivity index (χ2n) is 9.08. The Kier molecular flexibility index (Phi) is 5.86. The van der Waals surface area contributed by atoms with Crippen LogP contribution in [0.15, 0.2) is 73.1 Å². The molecule has 1 aliphatic heterocycles. The molecule has 6 rings (SSSR count). The van der Waals surface area contributed by atoms with Crippen LogP contribution in [0.4, 0.5) is 23.2 Å². The molecule has 0 saturated carbocycles. The van der Waals surface area contributed by atoms with E-state index in [1.165, 1.54) is 36.3 Å². The molecule has 1 aliphatic rings. The van der Waals surface area contributed by atoms with Crippen molar-refractivity contribution >= 4 is 22.6 Å². The molecule has 0 bridgehead atoms. The van der Waals surface area contributed by atoms with Gasteiger partial charge in [0.1, 0.15) is 23.6 Å². The van der Waals surface area contributed by atoms with Crippen molar-refractivity contribution in [2.75, 3.05) is 18.6 Å². The van der Waals surface area contributed by atoms with Gasteiger partial charge in [-0.25, -0.2) is 14.1 Å². The van der Waals surface area contributed by atoms with Crippen molar-refractivity contribution in [3.8, 4) is 17.1 Å². The molecule has 5 aromatic rings. The number of methoxy groups -OCH3 is 1. The molecular formula is C28H21F4N5O2. The quantitative estimate of drug-likeness (QED) is 0.266. The summed E-state index contributed by atoms with van der Waals surface area (Å²) in [5.41, 5.74) is 0.675. The fourth-order valence-corrected chi connectivity index (χ4v) is 4.95. The van der Waals surface area contributed by atoms with E-state index in [9.17, 15) is 18.0 Å². The minimum Gasteiger partial charge on any atom is -0.497 e. The lowest BCUT2D eigenvalue weighted by atomic mass is 10.1. The maximum absolute atomic E-state index is 15.6. The smallest absolute Gasteiger partial charge is 0.435 e. The number of ether oxygens (including phenoxy) is 1. The summed E-state index contributed by atoms with van der Waals surface area (Å²) >= 11 is 0. The molecule has 3 heterocycles. The van der Waals surface area contributed by atoms with Gasteiger partial charge in [0.15, 0.2) is 5.69 Å². The number of benzene rings is 3.